The van der Waals surface area contributed by atoms with E-state index in [1.54, 1.807) is 24.8 Å². The largest absolute Gasteiger partial charge is 0.406 e. The van der Waals surface area contributed by atoms with Gasteiger partial charge in [-0.1, -0.05) is 30.3 Å². The molecule has 1 amide bonds. The first-order chi connectivity index (χ1) is 12.7. The summed E-state index contributed by atoms with van der Waals surface area (Å²) in [7, 11) is 0. The third-order valence-corrected chi connectivity index (χ3v) is 4.86. The summed E-state index contributed by atoms with van der Waals surface area (Å²) in [5, 5.41) is 0. The van der Waals surface area contributed by atoms with Gasteiger partial charge in [-0.05, 0) is 32.4 Å². The molecule has 146 valence electrons. The van der Waals surface area contributed by atoms with E-state index in [-0.39, 0.29) is 18.1 Å². The summed E-state index contributed by atoms with van der Waals surface area (Å²) in [4.78, 5) is 14.7. The van der Waals surface area contributed by atoms with Crippen molar-refractivity contribution in [1.29, 1.82) is 0 Å². The second-order valence-corrected chi connectivity index (χ2v) is 7.04. The van der Waals surface area contributed by atoms with Gasteiger partial charge in [0.15, 0.2) is 0 Å². The van der Waals surface area contributed by atoms with Crippen LogP contribution >= 0.6 is 0 Å². The SMILES string of the molecule is Cc1cc(C(=O)N2C[C@@H](c3ccccc3)O[C@@H](C)C2)c(C)n1CC(F)(F)F. The molecule has 1 aromatic carbocycles. The molecule has 0 N–H and O–H groups in total. The fourth-order valence-electron chi connectivity index (χ4n) is 3.58. The zero-order chi connectivity index (χ0) is 19.8. The highest BCUT2D eigenvalue weighted by molar-refractivity contribution is 5.95. The van der Waals surface area contributed by atoms with Crippen LogP contribution in [0.15, 0.2) is 36.4 Å². The average molecular weight is 380 g/mol. The van der Waals surface area contributed by atoms with E-state index < -0.39 is 12.7 Å². The van der Waals surface area contributed by atoms with Crippen LogP contribution in [0.4, 0.5) is 13.2 Å². The minimum atomic E-state index is -4.33. The maximum Gasteiger partial charge on any atom is 0.406 e. The van der Waals surface area contributed by atoms with Crippen LogP contribution in [0.2, 0.25) is 0 Å². The van der Waals surface area contributed by atoms with Crippen LogP contribution in [-0.4, -0.2) is 40.7 Å². The van der Waals surface area contributed by atoms with Crippen LogP contribution in [0, 0.1) is 13.8 Å². The van der Waals surface area contributed by atoms with E-state index in [0.29, 0.717) is 30.0 Å². The first-order valence-electron chi connectivity index (χ1n) is 8.89. The summed E-state index contributed by atoms with van der Waals surface area (Å²) in [5.74, 6) is -0.257. The lowest BCUT2D eigenvalue weighted by atomic mass is 10.1. The van der Waals surface area contributed by atoms with Crippen molar-refractivity contribution < 1.29 is 22.7 Å². The molecule has 0 bridgehead atoms. The molecule has 1 aliphatic heterocycles. The molecule has 1 saturated heterocycles. The highest BCUT2D eigenvalue weighted by Gasteiger charge is 2.33. The Labute approximate surface area is 156 Å². The molecular weight excluding hydrogens is 357 g/mol. The van der Waals surface area contributed by atoms with Gasteiger partial charge in [0, 0.05) is 17.9 Å². The van der Waals surface area contributed by atoms with E-state index >= 15 is 0 Å². The first kappa shape index (κ1) is 19.5. The molecule has 1 aliphatic rings. The Balaban J connectivity index is 1.84. The van der Waals surface area contributed by atoms with Gasteiger partial charge in [0.2, 0.25) is 0 Å². The number of morpholine rings is 1. The lowest BCUT2D eigenvalue weighted by Gasteiger charge is -2.37. The van der Waals surface area contributed by atoms with E-state index in [2.05, 4.69) is 0 Å². The number of hydrogen-bond acceptors (Lipinski definition) is 2. The van der Waals surface area contributed by atoms with Crippen LogP contribution in [0.25, 0.3) is 0 Å². The summed E-state index contributed by atoms with van der Waals surface area (Å²) in [6.45, 7) is 4.72. The Hall–Kier alpha value is -2.28. The number of rotatable bonds is 3. The number of hydrogen-bond donors (Lipinski definition) is 0. The number of nitrogens with zero attached hydrogens (tertiary/aromatic N) is 2. The number of aryl methyl sites for hydroxylation is 1. The Morgan fingerprint density at radius 2 is 1.85 bits per heavy atom. The molecule has 3 rings (SSSR count). The second-order valence-electron chi connectivity index (χ2n) is 7.04. The maximum atomic E-state index is 13.0. The Morgan fingerprint density at radius 3 is 2.48 bits per heavy atom. The lowest BCUT2D eigenvalue weighted by molar-refractivity contribution is -0.141. The molecule has 4 nitrogen and oxygen atoms in total. The average Bonchev–Trinajstić information content (AvgIpc) is 2.88. The molecule has 1 aromatic heterocycles. The number of benzene rings is 1. The molecule has 0 saturated carbocycles. The zero-order valence-electron chi connectivity index (χ0n) is 15.6. The van der Waals surface area contributed by atoms with Crippen molar-refractivity contribution in [3.05, 3.63) is 58.9 Å². The normalized spacial score (nSPS) is 20.7. The third kappa shape index (κ3) is 4.35. The van der Waals surface area contributed by atoms with Gasteiger partial charge in [-0.15, -0.1) is 0 Å². The number of ether oxygens (including phenoxy) is 1. The molecule has 0 unspecified atom stereocenters. The minimum Gasteiger partial charge on any atom is -0.367 e. The lowest BCUT2D eigenvalue weighted by Crippen LogP contribution is -2.46. The van der Waals surface area contributed by atoms with E-state index in [0.717, 1.165) is 10.1 Å². The summed E-state index contributed by atoms with van der Waals surface area (Å²) in [6.07, 6.45) is -4.75. The Morgan fingerprint density at radius 1 is 1.19 bits per heavy atom. The van der Waals surface area contributed by atoms with Crippen LogP contribution in [0.1, 0.15) is 40.3 Å². The van der Waals surface area contributed by atoms with Crippen molar-refractivity contribution in [3.8, 4) is 0 Å². The maximum absolute atomic E-state index is 13.0. The van der Waals surface area contributed by atoms with E-state index in [1.807, 2.05) is 37.3 Å². The van der Waals surface area contributed by atoms with Crippen LogP contribution in [0.5, 0.6) is 0 Å². The van der Waals surface area contributed by atoms with Gasteiger partial charge in [-0.2, -0.15) is 13.2 Å². The minimum absolute atomic E-state index is 0.161. The number of halogens is 3. The molecule has 1 fully saturated rings. The predicted molar refractivity (Wildman–Crippen MR) is 95.6 cm³/mol. The molecule has 27 heavy (non-hydrogen) atoms. The molecule has 0 radical (unpaired) electrons. The quantitative estimate of drug-likeness (QED) is 0.797. The van der Waals surface area contributed by atoms with Gasteiger partial charge in [0.05, 0.1) is 18.2 Å². The highest BCUT2D eigenvalue weighted by Crippen LogP contribution is 2.28. The molecule has 2 heterocycles. The number of alkyl halides is 3. The summed E-state index contributed by atoms with van der Waals surface area (Å²) >= 11 is 0. The number of amides is 1. The van der Waals surface area contributed by atoms with Gasteiger partial charge in [-0.25, -0.2) is 0 Å². The van der Waals surface area contributed by atoms with Gasteiger partial charge < -0.3 is 14.2 Å². The van der Waals surface area contributed by atoms with Gasteiger partial charge in [0.25, 0.3) is 5.91 Å². The summed E-state index contributed by atoms with van der Waals surface area (Å²) < 4.78 is 45.6. The topological polar surface area (TPSA) is 34.5 Å². The second kappa shape index (κ2) is 7.38. The van der Waals surface area contributed by atoms with Crippen molar-refractivity contribution in [1.82, 2.24) is 9.47 Å². The van der Waals surface area contributed by atoms with Crippen LogP contribution in [0.3, 0.4) is 0 Å². The van der Waals surface area contributed by atoms with Gasteiger partial charge in [0.1, 0.15) is 12.6 Å². The monoisotopic (exact) mass is 380 g/mol. The van der Waals surface area contributed by atoms with E-state index in [9.17, 15) is 18.0 Å². The highest BCUT2D eigenvalue weighted by atomic mass is 19.4. The molecule has 7 heteroatoms. The van der Waals surface area contributed by atoms with Gasteiger partial charge in [-0.3, -0.25) is 4.79 Å². The van der Waals surface area contributed by atoms with Gasteiger partial charge >= 0.3 is 6.18 Å². The van der Waals surface area contributed by atoms with Crippen molar-refractivity contribution in [2.45, 2.75) is 45.7 Å². The first-order valence-corrected chi connectivity index (χ1v) is 8.89. The van der Waals surface area contributed by atoms with Crippen molar-refractivity contribution >= 4 is 5.91 Å². The van der Waals surface area contributed by atoms with Crippen LogP contribution < -0.4 is 0 Å². The number of carbonyl (C=O) groups excluding carboxylic acids is 1. The van der Waals surface area contributed by atoms with Crippen molar-refractivity contribution in [2.24, 2.45) is 0 Å². The molecule has 2 aromatic rings. The standard InChI is InChI=1S/C20H23F3N2O2/c1-13-9-17(15(3)25(13)12-20(21,22)23)19(26)24-10-14(2)27-18(11-24)16-7-5-4-6-8-16/h4-9,14,18H,10-12H2,1-3H3/t14-,18-/m0/s1. The fourth-order valence-corrected chi connectivity index (χ4v) is 3.58. The number of aromatic nitrogens is 1. The smallest absolute Gasteiger partial charge is 0.367 e. The molecular formula is C20H23F3N2O2. The van der Waals surface area contributed by atoms with Crippen LogP contribution in [-0.2, 0) is 11.3 Å². The summed E-state index contributed by atoms with van der Waals surface area (Å²) in [6, 6.07) is 11.2. The van der Waals surface area contributed by atoms with E-state index in [1.165, 1.54) is 0 Å². The number of carbonyl (C=O) groups is 1. The van der Waals surface area contributed by atoms with E-state index in [4.69, 9.17) is 4.74 Å². The predicted octanol–water partition coefficient (Wildman–Crippen LogP) is 4.27. The zero-order valence-corrected chi connectivity index (χ0v) is 15.6. The molecule has 0 aliphatic carbocycles. The Bertz CT molecular complexity index is 815. The Kier molecular flexibility index (Phi) is 5.33. The van der Waals surface area contributed by atoms with Crippen molar-refractivity contribution in [2.75, 3.05) is 13.1 Å². The molecule has 0 spiro atoms. The molecule has 2 atom stereocenters. The van der Waals surface area contributed by atoms with Crippen molar-refractivity contribution in [3.63, 3.8) is 0 Å². The third-order valence-electron chi connectivity index (χ3n) is 4.86. The summed E-state index contributed by atoms with van der Waals surface area (Å²) in [5.41, 5.74) is 2.06. The fraction of sp³-hybridized carbons (Fsp3) is 0.450.